The SMILES string of the molecule is CCOC1Cc2ccccc2C1Nc1nc(CC)c(-c2ccc(Cl)cc2Cl)nc1SC. The Bertz CT molecular complexity index is 1090. The van der Waals surface area contributed by atoms with Crippen molar-refractivity contribution in [2.45, 2.75) is 43.9 Å². The van der Waals surface area contributed by atoms with Crippen LogP contribution in [-0.4, -0.2) is 28.9 Å². The van der Waals surface area contributed by atoms with Gasteiger partial charge >= 0.3 is 0 Å². The Morgan fingerprint density at radius 3 is 2.65 bits per heavy atom. The van der Waals surface area contributed by atoms with Crippen LogP contribution < -0.4 is 5.32 Å². The number of benzene rings is 2. The van der Waals surface area contributed by atoms with E-state index in [9.17, 15) is 0 Å². The highest BCUT2D eigenvalue weighted by Crippen LogP contribution is 2.39. The van der Waals surface area contributed by atoms with Crippen LogP contribution in [0.2, 0.25) is 10.0 Å². The molecule has 0 bridgehead atoms. The summed E-state index contributed by atoms with van der Waals surface area (Å²) in [7, 11) is 0. The molecule has 0 spiro atoms. The van der Waals surface area contributed by atoms with Gasteiger partial charge < -0.3 is 10.1 Å². The Hall–Kier alpha value is -1.79. The molecule has 1 heterocycles. The van der Waals surface area contributed by atoms with E-state index in [1.165, 1.54) is 11.1 Å². The monoisotopic (exact) mass is 473 g/mol. The van der Waals surface area contributed by atoms with Crippen LogP contribution in [0.3, 0.4) is 0 Å². The molecule has 3 aromatic rings. The average Bonchev–Trinajstić information content (AvgIpc) is 3.11. The number of aromatic nitrogens is 2. The van der Waals surface area contributed by atoms with Gasteiger partial charge in [0.1, 0.15) is 5.03 Å². The molecular weight excluding hydrogens is 449 g/mol. The number of nitrogens with zero attached hydrogens (tertiary/aromatic N) is 2. The van der Waals surface area contributed by atoms with E-state index in [1.807, 2.05) is 25.3 Å². The van der Waals surface area contributed by atoms with Gasteiger partial charge in [0, 0.05) is 23.6 Å². The first-order valence-electron chi connectivity index (χ1n) is 10.4. The molecule has 0 saturated heterocycles. The lowest BCUT2D eigenvalue weighted by Crippen LogP contribution is -2.25. The van der Waals surface area contributed by atoms with Crippen LogP contribution in [0.15, 0.2) is 47.5 Å². The summed E-state index contributed by atoms with van der Waals surface area (Å²) in [6.45, 7) is 4.78. The summed E-state index contributed by atoms with van der Waals surface area (Å²) in [5.74, 6) is 0.782. The largest absolute Gasteiger partial charge is 0.376 e. The molecule has 2 atom stereocenters. The number of fused-ring (bicyclic) bond motifs is 1. The molecule has 162 valence electrons. The van der Waals surface area contributed by atoms with E-state index in [0.29, 0.717) is 16.7 Å². The molecule has 31 heavy (non-hydrogen) atoms. The fraction of sp³-hybridized carbons (Fsp3) is 0.333. The molecule has 1 N–H and O–H groups in total. The first kappa shape index (κ1) is 22.4. The zero-order valence-corrected chi connectivity index (χ0v) is 20.1. The fourth-order valence-electron chi connectivity index (χ4n) is 4.08. The molecule has 0 amide bonds. The average molecular weight is 474 g/mol. The molecule has 0 fully saturated rings. The highest BCUT2D eigenvalue weighted by atomic mass is 35.5. The quantitative estimate of drug-likeness (QED) is 0.380. The van der Waals surface area contributed by atoms with Crippen LogP contribution in [0.5, 0.6) is 0 Å². The number of rotatable bonds is 7. The van der Waals surface area contributed by atoms with Gasteiger partial charge in [0.15, 0.2) is 5.82 Å². The minimum absolute atomic E-state index is 0.0334. The van der Waals surface area contributed by atoms with Crippen LogP contribution in [0.25, 0.3) is 11.3 Å². The smallest absolute Gasteiger partial charge is 0.159 e. The topological polar surface area (TPSA) is 47.0 Å². The second-order valence-electron chi connectivity index (χ2n) is 7.37. The summed E-state index contributed by atoms with van der Waals surface area (Å²) < 4.78 is 6.07. The van der Waals surface area contributed by atoms with Gasteiger partial charge in [-0.1, -0.05) is 54.4 Å². The normalized spacial score (nSPS) is 17.6. The summed E-state index contributed by atoms with van der Waals surface area (Å²) in [5, 5.41) is 5.66. The van der Waals surface area contributed by atoms with Crippen molar-refractivity contribution in [1.29, 1.82) is 0 Å². The van der Waals surface area contributed by atoms with Crippen LogP contribution in [0, 0.1) is 0 Å². The lowest BCUT2D eigenvalue weighted by Gasteiger charge is -2.24. The van der Waals surface area contributed by atoms with Crippen molar-refractivity contribution in [2.75, 3.05) is 18.2 Å². The van der Waals surface area contributed by atoms with Gasteiger partial charge in [-0.2, -0.15) is 0 Å². The molecule has 1 aromatic heterocycles. The fourth-order valence-corrected chi connectivity index (χ4v) is 5.06. The number of aryl methyl sites for hydroxylation is 1. The number of nitrogens with one attached hydrogen (secondary N) is 1. The maximum absolute atomic E-state index is 6.48. The molecule has 2 unspecified atom stereocenters. The molecule has 4 nitrogen and oxygen atoms in total. The number of halogens is 2. The number of hydrogen-bond acceptors (Lipinski definition) is 5. The van der Waals surface area contributed by atoms with E-state index >= 15 is 0 Å². The summed E-state index contributed by atoms with van der Waals surface area (Å²) in [6.07, 6.45) is 3.70. The Morgan fingerprint density at radius 1 is 1.13 bits per heavy atom. The van der Waals surface area contributed by atoms with Gasteiger partial charge in [-0.25, -0.2) is 9.97 Å². The third-order valence-electron chi connectivity index (χ3n) is 5.51. The predicted molar refractivity (Wildman–Crippen MR) is 131 cm³/mol. The lowest BCUT2D eigenvalue weighted by atomic mass is 10.1. The van der Waals surface area contributed by atoms with E-state index in [-0.39, 0.29) is 12.1 Å². The number of thioether (sulfide) groups is 1. The molecule has 1 aliphatic carbocycles. The van der Waals surface area contributed by atoms with E-state index in [1.54, 1.807) is 17.8 Å². The predicted octanol–water partition coefficient (Wildman–Crippen LogP) is 6.85. The molecule has 0 saturated carbocycles. The standard InChI is InChI=1S/C24H25Cl2N3OS/c1-4-19-21(17-11-10-15(25)13-18(17)26)29-24(31-3)23(27-19)28-22-16-9-7-6-8-14(16)12-20(22)30-5-2/h6-11,13,20,22H,4-5,12H2,1-3H3,(H,27,28). The molecule has 1 aliphatic rings. The molecule has 7 heteroatoms. The third-order valence-corrected chi connectivity index (χ3v) is 6.73. The van der Waals surface area contributed by atoms with E-state index < -0.39 is 0 Å². The van der Waals surface area contributed by atoms with E-state index in [4.69, 9.17) is 37.9 Å². The van der Waals surface area contributed by atoms with Crippen LogP contribution >= 0.6 is 35.0 Å². The van der Waals surface area contributed by atoms with Crippen LogP contribution in [-0.2, 0) is 17.6 Å². The zero-order valence-electron chi connectivity index (χ0n) is 17.8. The van der Waals surface area contributed by atoms with Gasteiger partial charge in [-0.15, -0.1) is 11.8 Å². The van der Waals surface area contributed by atoms with E-state index in [0.717, 1.165) is 40.6 Å². The van der Waals surface area contributed by atoms with Crippen molar-refractivity contribution in [1.82, 2.24) is 9.97 Å². The molecule has 4 rings (SSSR count). The summed E-state index contributed by atoms with van der Waals surface area (Å²) >= 11 is 14.1. The molecule has 2 aromatic carbocycles. The Labute approximate surface area is 197 Å². The van der Waals surface area contributed by atoms with Crippen molar-refractivity contribution in [3.05, 3.63) is 69.3 Å². The molecule has 0 aliphatic heterocycles. The van der Waals surface area contributed by atoms with Gasteiger partial charge in [0.2, 0.25) is 0 Å². The maximum Gasteiger partial charge on any atom is 0.159 e. The summed E-state index contributed by atoms with van der Waals surface area (Å²) in [5.41, 5.74) is 5.11. The minimum Gasteiger partial charge on any atom is -0.376 e. The highest BCUT2D eigenvalue weighted by molar-refractivity contribution is 7.98. The lowest BCUT2D eigenvalue weighted by molar-refractivity contribution is 0.0573. The highest BCUT2D eigenvalue weighted by Gasteiger charge is 2.34. The summed E-state index contributed by atoms with van der Waals surface area (Å²) in [4.78, 5) is 9.95. The van der Waals surface area contributed by atoms with Gasteiger partial charge in [0.25, 0.3) is 0 Å². The Morgan fingerprint density at radius 2 is 1.94 bits per heavy atom. The second kappa shape index (κ2) is 9.78. The number of hydrogen-bond donors (Lipinski definition) is 1. The second-order valence-corrected chi connectivity index (χ2v) is 9.01. The number of ether oxygens (including phenoxy) is 1. The van der Waals surface area contributed by atoms with Crippen molar-refractivity contribution < 1.29 is 4.74 Å². The van der Waals surface area contributed by atoms with Crippen molar-refractivity contribution in [3.8, 4) is 11.3 Å². The van der Waals surface area contributed by atoms with Crippen molar-refractivity contribution in [3.63, 3.8) is 0 Å². The van der Waals surface area contributed by atoms with Crippen LogP contribution in [0.1, 0.15) is 36.7 Å². The molecular formula is C24H25Cl2N3OS. The third kappa shape index (κ3) is 4.56. The van der Waals surface area contributed by atoms with Crippen molar-refractivity contribution in [2.24, 2.45) is 0 Å². The maximum atomic E-state index is 6.48. The Balaban J connectivity index is 1.75. The molecule has 0 radical (unpaired) electrons. The first-order chi connectivity index (χ1) is 15.0. The summed E-state index contributed by atoms with van der Waals surface area (Å²) in [6, 6.07) is 14.0. The van der Waals surface area contributed by atoms with Gasteiger partial charge in [0.05, 0.1) is 28.6 Å². The number of anilines is 1. The van der Waals surface area contributed by atoms with Gasteiger partial charge in [-0.3, -0.25) is 0 Å². The van der Waals surface area contributed by atoms with E-state index in [2.05, 4.69) is 36.5 Å². The van der Waals surface area contributed by atoms with Crippen LogP contribution in [0.4, 0.5) is 5.82 Å². The zero-order chi connectivity index (χ0) is 22.0. The minimum atomic E-state index is 0.0334. The Kier molecular flexibility index (Phi) is 7.07. The first-order valence-corrected chi connectivity index (χ1v) is 12.4. The van der Waals surface area contributed by atoms with Crippen molar-refractivity contribution >= 4 is 40.8 Å². The van der Waals surface area contributed by atoms with Gasteiger partial charge in [-0.05, 0) is 48.9 Å².